The van der Waals surface area contributed by atoms with E-state index in [1.54, 1.807) is 0 Å². The highest BCUT2D eigenvalue weighted by atomic mass is 15.4. The lowest BCUT2D eigenvalue weighted by Crippen LogP contribution is -2.32. The number of rotatable bonds is 5. The molecule has 0 aliphatic carbocycles. The van der Waals surface area contributed by atoms with E-state index in [0.717, 1.165) is 25.2 Å². The van der Waals surface area contributed by atoms with E-state index < -0.39 is 0 Å². The fourth-order valence-corrected chi connectivity index (χ4v) is 2.14. The molecular formula is C11H21N5. The first-order valence-electron chi connectivity index (χ1n) is 6.20. The Morgan fingerprint density at radius 2 is 2.00 bits per heavy atom. The van der Waals surface area contributed by atoms with Crippen LogP contribution in [0.4, 0.5) is 0 Å². The minimum atomic E-state index is 0.644. The number of hydrogen-bond donors (Lipinski definition) is 1. The fourth-order valence-electron chi connectivity index (χ4n) is 2.14. The van der Waals surface area contributed by atoms with Gasteiger partial charge in [-0.15, -0.1) is 5.10 Å². The van der Waals surface area contributed by atoms with E-state index in [1.807, 2.05) is 10.9 Å². The van der Waals surface area contributed by atoms with Crippen LogP contribution < -0.4 is 5.73 Å². The van der Waals surface area contributed by atoms with Crippen LogP contribution in [0.25, 0.3) is 0 Å². The van der Waals surface area contributed by atoms with Gasteiger partial charge in [0.2, 0.25) is 0 Å². The van der Waals surface area contributed by atoms with Crippen molar-refractivity contribution in [2.24, 2.45) is 5.73 Å². The number of hydrogen-bond acceptors (Lipinski definition) is 4. The Balaban J connectivity index is 1.75. The maximum Gasteiger partial charge on any atom is 0.0839 e. The van der Waals surface area contributed by atoms with Crippen LogP contribution >= 0.6 is 0 Å². The summed E-state index contributed by atoms with van der Waals surface area (Å²) in [6.07, 6.45) is 6.91. The van der Waals surface area contributed by atoms with Crippen LogP contribution in [0.5, 0.6) is 0 Å². The molecule has 1 aliphatic heterocycles. The van der Waals surface area contributed by atoms with E-state index in [0.29, 0.717) is 6.54 Å². The third-order valence-corrected chi connectivity index (χ3v) is 3.08. The first-order valence-corrected chi connectivity index (χ1v) is 6.20. The van der Waals surface area contributed by atoms with E-state index in [4.69, 9.17) is 5.73 Å². The summed E-state index contributed by atoms with van der Waals surface area (Å²) in [4.78, 5) is 2.51. The molecular weight excluding hydrogens is 202 g/mol. The minimum Gasteiger partial charge on any atom is -0.330 e. The molecule has 0 saturated carbocycles. The Labute approximate surface area is 96.6 Å². The maximum absolute atomic E-state index is 5.48. The molecule has 5 heteroatoms. The van der Waals surface area contributed by atoms with Crippen molar-refractivity contribution in [3.8, 4) is 0 Å². The molecule has 16 heavy (non-hydrogen) atoms. The van der Waals surface area contributed by atoms with E-state index in [-0.39, 0.29) is 0 Å². The predicted molar refractivity (Wildman–Crippen MR) is 63.1 cm³/mol. The fraction of sp³-hybridized carbons (Fsp3) is 0.818. The summed E-state index contributed by atoms with van der Waals surface area (Å²) in [6, 6.07) is 0. The van der Waals surface area contributed by atoms with Gasteiger partial charge < -0.3 is 10.6 Å². The number of piperidine rings is 1. The van der Waals surface area contributed by atoms with Crippen molar-refractivity contribution in [2.75, 3.05) is 26.2 Å². The second kappa shape index (κ2) is 5.96. The summed E-state index contributed by atoms with van der Waals surface area (Å²) in [7, 11) is 0. The molecule has 5 nitrogen and oxygen atoms in total. The molecule has 1 aromatic heterocycles. The number of likely N-dealkylation sites (tertiary alicyclic amines) is 1. The molecule has 0 spiro atoms. The predicted octanol–water partition coefficient (Wildman–Crippen LogP) is 0.265. The molecule has 0 atom stereocenters. The van der Waals surface area contributed by atoms with Gasteiger partial charge in [-0.3, -0.25) is 4.68 Å². The van der Waals surface area contributed by atoms with Crippen LogP contribution in [0.2, 0.25) is 0 Å². The smallest absolute Gasteiger partial charge is 0.0839 e. The van der Waals surface area contributed by atoms with Crippen LogP contribution in [0, 0.1) is 0 Å². The summed E-state index contributed by atoms with van der Waals surface area (Å²) in [5.41, 5.74) is 6.48. The van der Waals surface area contributed by atoms with Gasteiger partial charge in [0.25, 0.3) is 0 Å². The zero-order valence-electron chi connectivity index (χ0n) is 9.81. The molecule has 1 saturated heterocycles. The van der Waals surface area contributed by atoms with Crippen LogP contribution in [0.1, 0.15) is 25.0 Å². The van der Waals surface area contributed by atoms with E-state index >= 15 is 0 Å². The molecule has 2 heterocycles. The molecule has 0 aromatic carbocycles. The minimum absolute atomic E-state index is 0.644. The van der Waals surface area contributed by atoms with Crippen molar-refractivity contribution < 1.29 is 0 Å². The topological polar surface area (TPSA) is 60.0 Å². The van der Waals surface area contributed by atoms with Crippen molar-refractivity contribution in [1.82, 2.24) is 19.9 Å². The SMILES string of the molecule is NCCc1cn(CCN2CCCCC2)nn1. The lowest BCUT2D eigenvalue weighted by atomic mass is 10.1. The Bertz CT molecular complexity index is 303. The average Bonchev–Trinajstić information content (AvgIpc) is 2.76. The summed E-state index contributed by atoms with van der Waals surface area (Å²) in [5.74, 6) is 0. The third kappa shape index (κ3) is 3.28. The zero-order chi connectivity index (χ0) is 11.2. The van der Waals surface area contributed by atoms with Crippen molar-refractivity contribution in [1.29, 1.82) is 0 Å². The van der Waals surface area contributed by atoms with Crippen molar-refractivity contribution >= 4 is 0 Å². The van der Waals surface area contributed by atoms with E-state index in [9.17, 15) is 0 Å². The second-order valence-electron chi connectivity index (χ2n) is 4.41. The molecule has 1 fully saturated rings. The maximum atomic E-state index is 5.48. The second-order valence-corrected chi connectivity index (χ2v) is 4.41. The summed E-state index contributed by atoms with van der Waals surface area (Å²) >= 11 is 0. The molecule has 0 unspecified atom stereocenters. The molecule has 2 rings (SSSR count). The monoisotopic (exact) mass is 223 g/mol. The third-order valence-electron chi connectivity index (χ3n) is 3.08. The van der Waals surface area contributed by atoms with E-state index in [2.05, 4.69) is 15.2 Å². The standard InChI is InChI=1S/C11H21N5/c12-5-4-11-10-16(14-13-11)9-8-15-6-2-1-3-7-15/h10H,1-9,12H2. The largest absolute Gasteiger partial charge is 0.330 e. The van der Waals surface area contributed by atoms with Gasteiger partial charge in [0.05, 0.1) is 12.2 Å². The van der Waals surface area contributed by atoms with Gasteiger partial charge in [-0.2, -0.15) is 0 Å². The van der Waals surface area contributed by atoms with Gasteiger partial charge >= 0.3 is 0 Å². The molecule has 1 aliphatic rings. The Morgan fingerprint density at radius 1 is 1.19 bits per heavy atom. The number of nitrogens with zero attached hydrogens (tertiary/aromatic N) is 4. The number of nitrogens with two attached hydrogens (primary N) is 1. The van der Waals surface area contributed by atoms with Gasteiger partial charge in [0.15, 0.2) is 0 Å². The van der Waals surface area contributed by atoms with E-state index in [1.165, 1.54) is 32.4 Å². The highest BCUT2D eigenvalue weighted by Gasteiger charge is 2.09. The van der Waals surface area contributed by atoms with Crippen molar-refractivity contribution in [3.05, 3.63) is 11.9 Å². The molecule has 1 aromatic rings. The van der Waals surface area contributed by atoms with Crippen molar-refractivity contribution in [2.45, 2.75) is 32.2 Å². The van der Waals surface area contributed by atoms with Crippen LogP contribution in [-0.4, -0.2) is 46.1 Å². The Kier molecular flexibility index (Phi) is 4.30. The average molecular weight is 223 g/mol. The Morgan fingerprint density at radius 3 is 2.75 bits per heavy atom. The summed E-state index contributed by atoms with van der Waals surface area (Å²) in [5, 5.41) is 8.19. The zero-order valence-corrected chi connectivity index (χ0v) is 9.81. The first kappa shape index (κ1) is 11.5. The van der Waals surface area contributed by atoms with Gasteiger partial charge in [-0.05, 0) is 32.5 Å². The van der Waals surface area contributed by atoms with Gasteiger partial charge in [0, 0.05) is 19.2 Å². The highest BCUT2D eigenvalue weighted by Crippen LogP contribution is 2.08. The first-order chi connectivity index (χ1) is 7.88. The molecule has 0 radical (unpaired) electrons. The Hall–Kier alpha value is -0.940. The molecule has 0 amide bonds. The van der Waals surface area contributed by atoms with Crippen molar-refractivity contribution in [3.63, 3.8) is 0 Å². The lowest BCUT2D eigenvalue weighted by molar-refractivity contribution is 0.217. The summed E-state index contributed by atoms with van der Waals surface area (Å²) in [6.45, 7) is 5.16. The molecule has 0 bridgehead atoms. The molecule has 2 N–H and O–H groups in total. The normalized spacial score (nSPS) is 17.8. The van der Waals surface area contributed by atoms with Crippen LogP contribution in [0.3, 0.4) is 0 Å². The highest BCUT2D eigenvalue weighted by molar-refractivity contribution is 4.92. The van der Waals surface area contributed by atoms with Gasteiger partial charge in [0.1, 0.15) is 0 Å². The quantitative estimate of drug-likeness (QED) is 0.778. The van der Waals surface area contributed by atoms with Crippen LogP contribution in [-0.2, 0) is 13.0 Å². The van der Waals surface area contributed by atoms with Crippen LogP contribution in [0.15, 0.2) is 6.20 Å². The number of aromatic nitrogens is 3. The van der Waals surface area contributed by atoms with Gasteiger partial charge in [-0.25, -0.2) is 0 Å². The van der Waals surface area contributed by atoms with Gasteiger partial charge in [-0.1, -0.05) is 11.6 Å². The molecule has 90 valence electrons. The summed E-state index contributed by atoms with van der Waals surface area (Å²) < 4.78 is 1.93. The lowest BCUT2D eigenvalue weighted by Gasteiger charge is -2.25.